The number of quaternary nitrogens is 1. The smallest absolute Gasteiger partial charge is 0.279 e. The highest BCUT2D eigenvalue weighted by Crippen LogP contribution is 2.18. The van der Waals surface area contributed by atoms with Gasteiger partial charge in [0.2, 0.25) is 10.0 Å². The van der Waals surface area contributed by atoms with Gasteiger partial charge in [0.25, 0.3) is 5.91 Å². The molecular formula is C22H32N3O3S+. The highest BCUT2D eigenvalue weighted by Gasteiger charge is 2.20. The lowest BCUT2D eigenvalue weighted by Gasteiger charge is -2.17. The van der Waals surface area contributed by atoms with Crippen LogP contribution in [0.2, 0.25) is 0 Å². The van der Waals surface area contributed by atoms with Crippen molar-refractivity contribution in [1.29, 1.82) is 0 Å². The van der Waals surface area contributed by atoms with Crippen LogP contribution in [0.25, 0.3) is 0 Å². The topological polar surface area (TPSA) is 70.9 Å². The number of hydrogen-bond donors (Lipinski definition) is 2. The lowest BCUT2D eigenvalue weighted by molar-refractivity contribution is -0.885. The van der Waals surface area contributed by atoms with Crippen molar-refractivity contribution in [3.05, 3.63) is 59.7 Å². The van der Waals surface area contributed by atoms with Crippen molar-refractivity contribution < 1.29 is 18.1 Å². The molecule has 0 saturated heterocycles. The molecule has 0 radical (unpaired) electrons. The van der Waals surface area contributed by atoms with Crippen LogP contribution in [0.3, 0.4) is 0 Å². The zero-order chi connectivity index (χ0) is 21.4. The largest absolute Gasteiger partial charge is 0.326 e. The number of carbonyl (C=O) groups is 1. The summed E-state index contributed by atoms with van der Waals surface area (Å²) < 4.78 is 26.5. The highest BCUT2D eigenvalue weighted by molar-refractivity contribution is 7.89. The molecule has 1 atom stereocenters. The monoisotopic (exact) mass is 418 g/mol. The molecule has 0 saturated carbocycles. The van der Waals surface area contributed by atoms with Gasteiger partial charge in [0.05, 0.1) is 11.9 Å². The minimum Gasteiger partial charge on any atom is -0.326 e. The Hall–Kier alpha value is -2.22. The number of benzene rings is 2. The second kappa shape index (κ2) is 10.5. The van der Waals surface area contributed by atoms with E-state index < -0.39 is 10.0 Å². The molecule has 2 aromatic rings. The Bertz CT molecular complexity index is 911. The Balaban J connectivity index is 1.93. The Morgan fingerprint density at radius 2 is 1.76 bits per heavy atom. The van der Waals surface area contributed by atoms with Crippen molar-refractivity contribution in [3.8, 4) is 0 Å². The standard InChI is InChI=1S/C22H31N3O3S/c1-5-6-15-25(4)29(27,28)21-13-11-20(12-14-21)23-22(26)17-24(3)16-19-10-8-7-9-18(19)2/h7-14H,5-6,15-17H2,1-4H3,(H,23,26)/p+1. The summed E-state index contributed by atoms with van der Waals surface area (Å²) in [6, 6.07) is 14.5. The SMILES string of the molecule is CCCCN(C)S(=O)(=O)c1ccc(NC(=O)C[NH+](C)Cc2ccccc2C)cc1. The van der Waals surface area contributed by atoms with E-state index in [9.17, 15) is 13.2 Å². The molecule has 7 heteroatoms. The zero-order valence-corrected chi connectivity index (χ0v) is 18.6. The third-order valence-corrected chi connectivity index (χ3v) is 6.76. The van der Waals surface area contributed by atoms with Crippen LogP contribution in [0, 0.1) is 6.92 Å². The molecule has 0 aliphatic rings. The van der Waals surface area contributed by atoms with Gasteiger partial charge in [0, 0.05) is 24.8 Å². The van der Waals surface area contributed by atoms with Crippen molar-refractivity contribution >= 4 is 21.6 Å². The maximum atomic E-state index is 12.6. The number of carbonyl (C=O) groups excluding carboxylic acids is 1. The molecule has 2 rings (SSSR count). The van der Waals surface area contributed by atoms with Gasteiger partial charge in [-0.1, -0.05) is 37.6 Å². The van der Waals surface area contributed by atoms with Crippen LogP contribution in [0.4, 0.5) is 5.69 Å². The molecule has 0 aromatic heterocycles. The summed E-state index contributed by atoms with van der Waals surface area (Å²) in [5.74, 6) is -0.105. The molecule has 2 N–H and O–H groups in total. The molecule has 158 valence electrons. The minimum absolute atomic E-state index is 0.105. The molecule has 0 fully saturated rings. The summed E-state index contributed by atoms with van der Waals surface area (Å²) in [5.41, 5.74) is 3.03. The Labute approximate surface area is 174 Å². The van der Waals surface area contributed by atoms with E-state index in [-0.39, 0.29) is 10.8 Å². The number of aryl methyl sites for hydroxylation is 1. The van der Waals surface area contributed by atoms with Crippen LogP contribution in [0.5, 0.6) is 0 Å². The third kappa shape index (κ3) is 6.66. The Kier molecular flexibility index (Phi) is 8.37. The van der Waals surface area contributed by atoms with Gasteiger partial charge < -0.3 is 10.2 Å². The van der Waals surface area contributed by atoms with Crippen molar-refractivity contribution in [2.75, 3.05) is 32.5 Å². The van der Waals surface area contributed by atoms with Crippen LogP contribution in [-0.4, -0.2) is 45.8 Å². The summed E-state index contributed by atoms with van der Waals surface area (Å²) in [6.07, 6.45) is 1.76. The molecule has 0 heterocycles. The van der Waals surface area contributed by atoms with Gasteiger partial charge in [0.15, 0.2) is 6.54 Å². The van der Waals surface area contributed by atoms with Gasteiger partial charge >= 0.3 is 0 Å². The van der Waals surface area contributed by atoms with Crippen LogP contribution >= 0.6 is 0 Å². The number of nitrogens with zero attached hydrogens (tertiary/aromatic N) is 1. The summed E-state index contributed by atoms with van der Waals surface area (Å²) in [5, 5.41) is 2.85. The van der Waals surface area contributed by atoms with Gasteiger partial charge in [-0.15, -0.1) is 0 Å². The van der Waals surface area contributed by atoms with Crippen LogP contribution < -0.4 is 10.2 Å². The summed E-state index contributed by atoms with van der Waals surface area (Å²) in [4.78, 5) is 13.7. The van der Waals surface area contributed by atoms with Crippen molar-refractivity contribution in [1.82, 2.24) is 4.31 Å². The zero-order valence-electron chi connectivity index (χ0n) is 17.7. The molecule has 1 unspecified atom stereocenters. The maximum absolute atomic E-state index is 12.6. The summed E-state index contributed by atoms with van der Waals surface area (Å²) >= 11 is 0. The minimum atomic E-state index is -3.50. The van der Waals surface area contributed by atoms with E-state index in [2.05, 4.69) is 24.4 Å². The van der Waals surface area contributed by atoms with Crippen molar-refractivity contribution in [3.63, 3.8) is 0 Å². The first kappa shape index (κ1) is 23.1. The number of anilines is 1. The van der Waals surface area contributed by atoms with Crippen LogP contribution in [-0.2, 0) is 21.4 Å². The maximum Gasteiger partial charge on any atom is 0.279 e. The first-order chi connectivity index (χ1) is 13.7. The van der Waals surface area contributed by atoms with E-state index in [1.54, 1.807) is 19.2 Å². The number of nitrogens with one attached hydrogen (secondary N) is 2. The molecular weight excluding hydrogens is 386 g/mol. The Morgan fingerprint density at radius 1 is 1.10 bits per heavy atom. The quantitative estimate of drug-likeness (QED) is 0.621. The normalized spacial score (nSPS) is 12.7. The van der Waals surface area contributed by atoms with Gasteiger partial charge in [-0.05, 0) is 43.2 Å². The van der Waals surface area contributed by atoms with Gasteiger partial charge in [-0.2, -0.15) is 0 Å². The fourth-order valence-electron chi connectivity index (χ4n) is 3.07. The van der Waals surface area contributed by atoms with E-state index >= 15 is 0 Å². The molecule has 0 aliphatic carbocycles. The molecule has 6 nitrogen and oxygen atoms in total. The van der Waals surface area contributed by atoms with Gasteiger partial charge in [0.1, 0.15) is 6.54 Å². The molecule has 0 bridgehead atoms. The summed E-state index contributed by atoms with van der Waals surface area (Å²) in [6.45, 7) is 5.68. The predicted octanol–water partition coefficient (Wildman–Crippen LogP) is 2.07. The van der Waals surface area contributed by atoms with Gasteiger partial charge in [-0.3, -0.25) is 4.79 Å². The van der Waals surface area contributed by atoms with Crippen molar-refractivity contribution in [2.45, 2.75) is 38.1 Å². The second-order valence-electron chi connectivity index (χ2n) is 7.49. The van der Waals surface area contributed by atoms with Crippen LogP contribution in [0.15, 0.2) is 53.4 Å². The number of likely N-dealkylation sites (N-methyl/N-ethyl adjacent to an activating group) is 1. The van der Waals surface area contributed by atoms with E-state index in [1.807, 2.05) is 26.1 Å². The fourth-order valence-corrected chi connectivity index (χ4v) is 4.28. The van der Waals surface area contributed by atoms with Gasteiger partial charge in [-0.25, -0.2) is 12.7 Å². The van der Waals surface area contributed by atoms with E-state index in [0.717, 1.165) is 24.3 Å². The van der Waals surface area contributed by atoms with E-state index in [1.165, 1.54) is 27.6 Å². The number of rotatable bonds is 10. The number of sulfonamides is 1. The van der Waals surface area contributed by atoms with Crippen LogP contribution in [0.1, 0.15) is 30.9 Å². The lowest BCUT2D eigenvalue weighted by Crippen LogP contribution is -3.08. The molecule has 0 aliphatic heterocycles. The first-order valence-electron chi connectivity index (χ1n) is 9.96. The third-order valence-electron chi connectivity index (χ3n) is 4.89. The number of hydrogen-bond acceptors (Lipinski definition) is 3. The fraction of sp³-hybridized carbons (Fsp3) is 0.409. The second-order valence-corrected chi connectivity index (χ2v) is 9.53. The molecule has 29 heavy (non-hydrogen) atoms. The molecule has 0 spiro atoms. The Morgan fingerprint density at radius 3 is 2.38 bits per heavy atom. The molecule has 1 amide bonds. The van der Waals surface area contributed by atoms with E-state index in [4.69, 9.17) is 0 Å². The number of unbranched alkanes of at least 4 members (excludes halogenated alkanes) is 1. The number of amides is 1. The van der Waals surface area contributed by atoms with E-state index in [0.29, 0.717) is 18.8 Å². The lowest BCUT2D eigenvalue weighted by atomic mass is 10.1. The molecule has 2 aromatic carbocycles. The predicted molar refractivity (Wildman–Crippen MR) is 116 cm³/mol. The highest BCUT2D eigenvalue weighted by atomic mass is 32.2. The average Bonchev–Trinajstić information content (AvgIpc) is 2.68. The summed E-state index contributed by atoms with van der Waals surface area (Å²) in [7, 11) is 0.0734. The first-order valence-corrected chi connectivity index (χ1v) is 11.4. The average molecular weight is 419 g/mol. The van der Waals surface area contributed by atoms with Crippen molar-refractivity contribution in [2.24, 2.45) is 0 Å².